The van der Waals surface area contributed by atoms with Gasteiger partial charge in [-0.05, 0) is 107 Å². The van der Waals surface area contributed by atoms with Crippen LogP contribution in [0, 0.1) is 28.1 Å². The summed E-state index contributed by atoms with van der Waals surface area (Å²) in [5, 5.41) is 96.0. The SMILES string of the molecule is CCCCO.CCCCO.CCCCO.CCCCO.CCCCO.CCCCO.CCCCO.CCCCO.N#Cc1ccccc1C#N.N=C1N=C(N)c2ccccc21.[O]=[Ti+2].[O]=[Ti+2].[Ti].[Ti].c1ccc2c(c1)-c1nc-2nc2[n-]c(nc3nc(nc4[n-]c(n1)c1ccccc41)-c1ccccc1-3)c1ccccc21.c1ccc2c(c1)-c1nc-2nc2[n-]c(nc3nc(nc4[n-]c(n1)c1ccccc41)-c1ccccc1-3)c1ccccc21. The topological polar surface area (TPSA) is 517 Å². The Labute approximate surface area is 909 Å². The monoisotopic (exact) mass is 2110 g/mol. The molecule has 5 aliphatic heterocycles. The molecule has 31 nitrogen and oxygen atoms in total. The average Bonchev–Trinajstić information content (AvgIpc) is 1.60. The van der Waals surface area contributed by atoms with Crippen molar-refractivity contribution in [1.82, 2.24) is 79.7 Å². The van der Waals surface area contributed by atoms with Gasteiger partial charge in [-0.15, -0.1) is 0 Å². The van der Waals surface area contributed by atoms with Crippen LogP contribution in [0.1, 0.15) is 180 Å². The maximum absolute atomic E-state index is 8.45. The Kier molecular flexibility index (Phi) is 57.3. The molecule has 5 aliphatic rings. The van der Waals surface area contributed by atoms with Gasteiger partial charge >= 0.3 is 47.5 Å². The van der Waals surface area contributed by atoms with Gasteiger partial charge in [0, 0.05) is 197 Å². The molecule has 0 amide bonds. The predicted molar refractivity (Wildman–Crippen MR) is 565 cm³/mol. The van der Waals surface area contributed by atoms with E-state index in [1.54, 1.807) is 24.3 Å². The Bertz CT molecular complexity index is 6220. The molecule has 0 aliphatic carbocycles. The van der Waals surface area contributed by atoms with Crippen molar-refractivity contribution in [1.29, 1.82) is 15.9 Å². The number of aliphatic hydroxyl groups is 8. The molecule has 11 heterocycles. The van der Waals surface area contributed by atoms with Gasteiger partial charge in [-0.25, -0.2) is 24.9 Å². The van der Waals surface area contributed by atoms with Crippen molar-refractivity contribution >= 4 is 99.9 Å². The second-order valence-electron chi connectivity index (χ2n) is 32.1. The van der Waals surface area contributed by atoms with Crippen LogP contribution in [-0.4, -0.2) is 165 Å². The summed E-state index contributed by atoms with van der Waals surface area (Å²) < 4.78 is 16.5. The van der Waals surface area contributed by atoms with Crippen LogP contribution in [0.2, 0.25) is 0 Å². The summed E-state index contributed by atoms with van der Waals surface area (Å²) >= 11 is 1.50. The standard InChI is InChI=1S/2C32H16N8.C8H7N3.C8H4N2.8C4H10O.2O.4Ti/c2*1-2-10-18-17(9-1)25-33-26(18)38-28-21-13-5-6-14-22(21)30(35-28)40-32-24-16-8-7-15-23(24)31(36-32)39-29-20-12-4-3-11-19(20)27(34-29)37-25;9-7-5-3-1-2-4-6(5)8(10)11-7;9-5-7-3-1-2-4-8(7)6-10;8*1-2-3-4-5;;;;;;/h2*1-16H;1-4H,(H3,9,10,11);1-4H;8*5H,2-4H2,1H3;;;;;;/q2*-2;;;;;;;;;;;;;;;2*+2. The van der Waals surface area contributed by atoms with Crippen LogP contribution in [0.4, 0.5) is 0 Å². The maximum atomic E-state index is 8.45. The first-order valence-corrected chi connectivity index (χ1v) is 49.7. The Balaban J connectivity index is 0.000000282. The maximum Gasteiger partial charge on any atom is 0.0927 e. The zero-order valence-corrected chi connectivity index (χ0v) is 90.3. The van der Waals surface area contributed by atoms with Crippen molar-refractivity contribution in [2.75, 3.05) is 52.9 Å². The van der Waals surface area contributed by atoms with E-state index in [4.69, 9.17) is 149 Å². The number of nitrogens with one attached hydrogen (secondary N) is 1. The molecule has 6 aromatic heterocycles. The minimum Gasteiger partial charge on any atom is -0.357 e. The summed E-state index contributed by atoms with van der Waals surface area (Å²) in [6.45, 7) is 19.2. The number of nitrogens with two attached hydrogens (primary N) is 1. The second-order valence-corrected chi connectivity index (χ2v) is 32.1. The van der Waals surface area contributed by atoms with Crippen molar-refractivity contribution in [2.45, 2.75) is 158 Å². The van der Waals surface area contributed by atoms with E-state index in [0.29, 0.717) is 162 Å². The molecule has 21 rings (SSSR count). The molecule has 0 fully saturated rings. The Morgan fingerprint density at radius 2 is 0.388 bits per heavy atom. The van der Waals surface area contributed by atoms with E-state index in [1.165, 1.54) is 0 Å². The van der Waals surface area contributed by atoms with E-state index in [9.17, 15) is 0 Å². The summed E-state index contributed by atoms with van der Waals surface area (Å²) in [6.07, 6.45) is 16.3. The van der Waals surface area contributed by atoms with Crippen molar-refractivity contribution in [3.05, 3.63) is 265 Å². The Morgan fingerprint density at radius 3 is 0.524 bits per heavy atom. The van der Waals surface area contributed by atoms with Gasteiger partial charge in [-0.3, -0.25) is 5.41 Å². The quantitative estimate of drug-likeness (QED) is 0.0402. The van der Waals surface area contributed by atoms with Gasteiger partial charge in [-0.1, -0.05) is 337 Å². The van der Waals surface area contributed by atoms with Gasteiger partial charge in [0.1, 0.15) is 18.0 Å². The summed E-state index contributed by atoms with van der Waals surface area (Å²) in [7, 11) is 0. The molecule has 16 bridgehead atoms. The predicted octanol–water partition coefficient (Wildman–Crippen LogP) is 20.4. The molecule has 0 atom stereocenters. The molecular weight excluding hydrogens is 1990 g/mol. The van der Waals surface area contributed by atoms with Crippen molar-refractivity contribution < 1.29 is 132 Å². The summed E-state index contributed by atoms with van der Waals surface area (Å²) in [4.78, 5) is 82.4. The zero-order valence-electron chi connectivity index (χ0n) is 84.0. The number of aromatic nitrogens is 16. The zero-order chi connectivity index (χ0) is 105. The van der Waals surface area contributed by atoms with Crippen molar-refractivity contribution in [3.8, 4) is 103 Å². The van der Waals surface area contributed by atoms with Gasteiger partial charge in [0.2, 0.25) is 0 Å². The molecule has 147 heavy (non-hydrogen) atoms. The molecule has 0 radical (unpaired) electrons. The number of benzene rings is 10. The first-order chi connectivity index (χ1) is 71.1. The van der Waals surface area contributed by atoms with Gasteiger partial charge in [0.05, 0.1) is 57.7 Å². The fourth-order valence-electron chi connectivity index (χ4n) is 14.0. The third kappa shape index (κ3) is 34.6. The fourth-order valence-corrected chi connectivity index (χ4v) is 14.0. The van der Waals surface area contributed by atoms with Crippen LogP contribution in [0.25, 0.3) is 179 Å². The van der Waals surface area contributed by atoms with Gasteiger partial charge in [0.25, 0.3) is 0 Å². The normalized spacial score (nSPS) is 10.5. The second kappa shape index (κ2) is 68.6. The van der Waals surface area contributed by atoms with Crippen molar-refractivity contribution in [2.24, 2.45) is 10.7 Å². The minimum absolute atomic E-state index is 0. The third-order valence-corrected chi connectivity index (χ3v) is 21.6. The van der Waals surface area contributed by atoms with Crippen LogP contribution < -0.4 is 25.7 Å². The summed E-state index contributed by atoms with van der Waals surface area (Å²) in [6, 6.07) is 81.7. The average molecular weight is 2110 g/mol. The van der Waals surface area contributed by atoms with Crippen LogP contribution >= 0.6 is 0 Å². The van der Waals surface area contributed by atoms with Gasteiger partial charge in [0.15, 0.2) is 5.84 Å². The smallest absolute Gasteiger partial charge is 0.0927 e. The molecule has 16 aromatic rings. The summed E-state index contributed by atoms with van der Waals surface area (Å²) in [5.41, 5.74) is 19.7. The van der Waals surface area contributed by atoms with Crippen LogP contribution in [-0.2, 0) is 90.9 Å². The van der Waals surface area contributed by atoms with E-state index < -0.39 is 0 Å². The largest absolute Gasteiger partial charge is 0.357 e. The van der Waals surface area contributed by atoms with Crippen LogP contribution in [0.5, 0.6) is 0 Å². The third-order valence-electron chi connectivity index (χ3n) is 21.6. The molecule has 0 unspecified atom stereocenters. The first-order valence-electron chi connectivity index (χ1n) is 48.5. The molecule has 0 spiro atoms. The van der Waals surface area contributed by atoms with Crippen LogP contribution in [0.15, 0.2) is 248 Å². The molecule has 752 valence electrons. The Hall–Kier alpha value is -12.8. The summed E-state index contributed by atoms with van der Waals surface area (Å²) in [5.74, 6) is 5.13. The number of unbranched alkanes of at least 4 members (excludes halogenated alkanes) is 8. The number of aliphatic imine (C=N–C) groups is 1. The molecule has 10 aromatic carbocycles. The number of hydrogen-bond acceptors (Lipinski definition) is 26. The first kappa shape index (κ1) is 123. The number of hydrogen-bond donors (Lipinski definition) is 10. The van der Waals surface area contributed by atoms with E-state index >= 15 is 0 Å². The van der Waals surface area contributed by atoms with Gasteiger partial charge < -0.3 is 106 Å². The van der Waals surface area contributed by atoms with Crippen molar-refractivity contribution in [3.63, 3.8) is 0 Å². The van der Waals surface area contributed by atoms with Crippen LogP contribution in [0.3, 0.4) is 0 Å². The number of nitrogens with zero attached hydrogens (tertiary/aromatic N) is 19. The number of amidine groups is 2. The van der Waals surface area contributed by atoms with E-state index in [-0.39, 0.29) is 49.3 Å². The van der Waals surface area contributed by atoms with E-state index in [2.05, 4.69) is 60.4 Å². The number of fused-ring (bicyclic) bond motifs is 41. The molecular formula is C112H123N21O10Ti4. The van der Waals surface area contributed by atoms with E-state index in [1.807, 2.05) is 231 Å². The number of nitriles is 2. The number of rotatable bonds is 16. The molecule has 11 N–H and O–H groups in total. The molecule has 0 saturated carbocycles. The van der Waals surface area contributed by atoms with Gasteiger partial charge in [-0.2, -0.15) is 10.5 Å². The Morgan fingerprint density at radius 1 is 0.245 bits per heavy atom. The number of aliphatic hydroxyl groups excluding tert-OH is 8. The van der Waals surface area contributed by atoms with E-state index in [0.717, 1.165) is 242 Å². The fraction of sp³-hybridized carbons (Fsp3) is 0.286. The minimum atomic E-state index is 0. The molecule has 0 saturated heterocycles. The molecule has 35 heteroatoms.